The highest BCUT2D eigenvalue weighted by Crippen LogP contribution is 2.24. The third-order valence-corrected chi connectivity index (χ3v) is 2.75. The van der Waals surface area contributed by atoms with Gasteiger partial charge in [0.25, 0.3) is 0 Å². The summed E-state index contributed by atoms with van der Waals surface area (Å²) < 4.78 is 0. The predicted octanol–water partition coefficient (Wildman–Crippen LogP) is 0.453. The molecule has 0 aromatic heterocycles. The zero-order valence-electron chi connectivity index (χ0n) is 8.90. The number of rotatable bonds is 3. The summed E-state index contributed by atoms with van der Waals surface area (Å²) in [5, 5.41) is 21.8. The van der Waals surface area contributed by atoms with E-state index < -0.39 is 6.09 Å². The second kappa shape index (κ2) is 5.95. The summed E-state index contributed by atoms with van der Waals surface area (Å²) in [4.78, 5) is 22.2. The van der Waals surface area contributed by atoms with Crippen LogP contribution in [0.15, 0.2) is 0 Å². The number of hydrogen-bond donors (Lipinski definition) is 3. The lowest BCUT2D eigenvalue weighted by molar-refractivity contribution is -0.126. The zero-order valence-corrected chi connectivity index (χ0v) is 8.90. The first-order valence-electron chi connectivity index (χ1n) is 5.29. The number of nitrogens with one attached hydrogen (secondary N) is 2. The Labute approximate surface area is 93.6 Å². The van der Waals surface area contributed by atoms with Crippen molar-refractivity contribution in [2.45, 2.75) is 31.7 Å². The van der Waals surface area contributed by atoms with Crippen molar-refractivity contribution in [3.8, 4) is 6.07 Å². The number of amides is 2. The Morgan fingerprint density at radius 1 is 1.38 bits per heavy atom. The Bertz CT molecular complexity index is 311. The molecule has 88 valence electrons. The molecule has 6 heteroatoms. The molecule has 1 fully saturated rings. The minimum Gasteiger partial charge on any atom is -0.465 e. The van der Waals surface area contributed by atoms with Gasteiger partial charge >= 0.3 is 6.09 Å². The molecule has 0 radical (unpaired) electrons. The van der Waals surface area contributed by atoms with E-state index in [-0.39, 0.29) is 24.4 Å². The van der Waals surface area contributed by atoms with Gasteiger partial charge in [0.1, 0.15) is 6.54 Å². The van der Waals surface area contributed by atoms with Crippen molar-refractivity contribution in [3.63, 3.8) is 0 Å². The van der Waals surface area contributed by atoms with Crippen molar-refractivity contribution in [2.24, 2.45) is 5.92 Å². The van der Waals surface area contributed by atoms with Crippen molar-refractivity contribution in [3.05, 3.63) is 0 Å². The first-order chi connectivity index (χ1) is 7.65. The molecule has 1 saturated carbocycles. The van der Waals surface area contributed by atoms with E-state index in [0.29, 0.717) is 12.8 Å². The molecule has 3 N–H and O–H groups in total. The molecule has 2 atom stereocenters. The van der Waals surface area contributed by atoms with Crippen LogP contribution < -0.4 is 10.6 Å². The van der Waals surface area contributed by atoms with Gasteiger partial charge in [-0.1, -0.05) is 12.8 Å². The summed E-state index contributed by atoms with van der Waals surface area (Å²) in [5.74, 6) is -0.585. The van der Waals surface area contributed by atoms with Gasteiger partial charge in [0.05, 0.1) is 12.0 Å². The van der Waals surface area contributed by atoms with Crippen molar-refractivity contribution in [1.29, 1.82) is 5.26 Å². The minimum absolute atomic E-state index is 0.0326. The fourth-order valence-electron chi connectivity index (χ4n) is 2.03. The monoisotopic (exact) mass is 225 g/mol. The summed E-state index contributed by atoms with van der Waals surface area (Å²) in [6.45, 7) is -0.0326. The molecule has 1 aliphatic carbocycles. The van der Waals surface area contributed by atoms with Gasteiger partial charge in [0.2, 0.25) is 5.91 Å². The number of carbonyl (C=O) groups is 2. The SMILES string of the molecule is N#CCNC(=O)C1CCCCC1NC(=O)O. The molecule has 2 amide bonds. The third-order valence-electron chi connectivity index (χ3n) is 2.75. The number of carboxylic acid groups (broad SMARTS) is 1. The summed E-state index contributed by atoms with van der Waals surface area (Å²) in [5.41, 5.74) is 0. The van der Waals surface area contributed by atoms with Gasteiger partial charge in [-0.15, -0.1) is 0 Å². The highest BCUT2D eigenvalue weighted by molar-refractivity contribution is 5.80. The summed E-state index contributed by atoms with van der Waals surface area (Å²) in [6, 6.07) is 1.50. The van der Waals surface area contributed by atoms with E-state index in [1.807, 2.05) is 6.07 Å². The second-order valence-electron chi connectivity index (χ2n) is 3.82. The fourth-order valence-corrected chi connectivity index (χ4v) is 2.03. The molecule has 0 bridgehead atoms. The Kier molecular flexibility index (Phi) is 4.58. The standard InChI is InChI=1S/C10H15N3O3/c11-5-6-12-9(14)7-3-1-2-4-8(7)13-10(15)16/h7-8,13H,1-4,6H2,(H,12,14)(H,15,16). The van der Waals surface area contributed by atoms with E-state index in [4.69, 9.17) is 10.4 Å². The molecule has 0 saturated heterocycles. The van der Waals surface area contributed by atoms with Crippen molar-refractivity contribution < 1.29 is 14.7 Å². The largest absolute Gasteiger partial charge is 0.465 e. The van der Waals surface area contributed by atoms with Crippen LogP contribution in [0, 0.1) is 17.2 Å². The van der Waals surface area contributed by atoms with E-state index in [1.165, 1.54) is 0 Å². The smallest absolute Gasteiger partial charge is 0.404 e. The molecule has 6 nitrogen and oxygen atoms in total. The molecular weight excluding hydrogens is 210 g/mol. The lowest BCUT2D eigenvalue weighted by Crippen LogP contribution is -2.48. The third kappa shape index (κ3) is 3.42. The van der Waals surface area contributed by atoms with Crippen LogP contribution >= 0.6 is 0 Å². The quantitative estimate of drug-likeness (QED) is 0.607. The molecular formula is C10H15N3O3. The van der Waals surface area contributed by atoms with Crippen molar-refractivity contribution in [2.75, 3.05) is 6.54 Å². The molecule has 1 aliphatic rings. The van der Waals surface area contributed by atoms with E-state index in [9.17, 15) is 9.59 Å². The molecule has 1 rings (SSSR count). The normalized spacial score (nSPS) is 24.2. The van der Waals surface area contributed by atoms with Gasteiger partial charge in [-0.05, 0) is 12.8 Å². The van der Waals surface area contributed by atoms with E-state index >= 15 is 0 Å². The van der Waals surface area contributed by atoms with Gasteiger partial charge in [-0.2, -0.15) is 5.26 Å². The molecule has 16 heavy (non-hydrogen) atoms. The number of hydrogen-bond acceptors (Lipinski definition) is 3. The molecule has 0 spiro atoms. The maximum absolute atomic E-state index is 11.7. The topological polar surface area (TPSA) is 102 Å². The summed E-state index contributed by atoms with van der Waals surface area (Å²) >= 11 is 0. The zero-order chi connectivity index (χ0) is 12.0. The molecule has 0 heterocycles. The second-order valence-corrected chi connectivity index (χ2v) is 3.82. The van der Waals surface area contributed by atoms with Crippen LogP contribution in [0.1, 0.15) is 25.7 Å². The maximum atomic E-state index is 11.7. The number of carbonyl (C=O) groups excluding carboxylic acids is 1. The number of nitriles is 1. The summed E-state index contributed by atoms with van der Waals surface area (Å²) in [6.07, 6.45) is 2.08. The van der Waals surface area contributed by atoms with Gasteiger partial charge < -0.3 is 15.7 Å². The molecule has 0 aromatic rings. The Morgan fingerprint density at radius 3 is 2.69 bits per heavy atom. The molecule has 0 aromatic carbocycles. The average Bonchev–Trinajstić information content (AvgIpc) is 2.26. The lowest BCUT2D eigenvalue weighted by atomic mass is 9.84. The first kappa shape index (κ1) is 12.3. The predicted molar refractivity (Wildman–Crippen MR) is 55.5 cm³/mol. The molecule has 2 unspecified atom stereocenters. The van der Waals surface area contributed by atoms with Crippen molar-refractivity contribution in [1.82, 2.24) is 10.6 Å². The van der Waals surface area contributed by atoms with Gasteiger partial charge in [-0.25, -0.2) is 4.79 Å². The van der Waals surface area contributed by atoms with E-state index in [1.54, 1.807) is 0 Å². The lowest BCUT2D eigenvalue weighted by Gasteiger charge is -2.29. The Morgan fingerprint density at radius 2 is 2.06 bits per heavy atom. The number of nitrogens with zero attached hydrogens (tertiary/aromatic N) is 1. The van der Waals surface area contributed by atoms with E-state index in [0.717, 1.165) is 12.8 Å². The highest BCUT2D eigenvalue weighted by Gasteiger charge is 2.31. The van der Waals surface area contributed by atoms with Crippen LogP contribution in [-0.4, -0.2) is 29.7 Å². The van der Waals surface area contributed by atoms with Crippen LogP contribution in [0.3, 0.4) is 0 Å². The van der Waals surface area contributed by atoms with Crippen LogP contribution in [0.4, 0.5) is 4.79 Å². The summed E-state index contributed by atoms with van der Waals surface area (Å²) in [7, 11) is 0. The van der Waals surface area contributed by atoms with Crippen LogP contribution in [0.25, 0.3) is 0 Å². The van der Waals surface area contributed by atoms with Crippen molar-refractivity contribution >= 4 is 12.0 Å². The molecule has 0 aliphatic heterocycles. The van der Waals surface area contributed by atoms with Gasteiger partial charge in [-0.3, -0.25) is 4.79 Å². The highest BCUT2D eigenvalue weighted by atomic mass is 16.4. The van der Waals surface area contributed by atoms with E-state index in [2.05, 4.69) is 10.6 Å². The average molecular weight is 225 g/mol. The fraction of sp³-hybridized carbons (Fsp3) is 0.700. The van der Waals surface area contributed by atoms with Crippen LogP contribution in [0.5, 0.6) is 0 Å². The van der Waals surface area contributed by atoms with Gasteiger partial charge in [0.15, 0.2) is 0 Å². The van der Waals surface area contributed by atoms with Crippen LogP contribution in [-0.2, 0) is 4.79 Å². The van der Waals surface area contributed by atoms with Crippen LogP contribution in [0.2, 0.25) is 0 Å². The Balaban J connectivity index is 2.55. The van der Waals surface area contributed by atoms with Gasteiger partial charge in [0, 0.05) is 6.04 Å². The minimum atomic E-state index is -1.11. The maximum Gasteiger partial charge on any atom is 0.404 e. The Hall–Kier alpha value is -1.77. The first-order valence-corrected chi connectivity index (χ1v) is 5.29.